The summed E-state index contributed by atoms with van der Waals surface area (Å²) < 4.78 is 5.51. The molecule has 1 aromatic heterocycles. The van der Waals surface area contributed by atoms with Crippen molar-refractivity contribution in [3.8, 4) is 0 Å². The molecule has 3 rings (SSSR count). The minimum absolute atomic E-state index is 0.106. The number of carbonyl (C=O) groups is 1. The van der Waals surface area contributed by atoms with E-state index in [-0.39, 0.29) is 23.9 Å². The number of nitrogens with one attached hydrogen (secondary N) is 2. The van der Waals surface area contributed by atoms with Crippen molar-refractivity contribution < 1.29 is 9.21 Å². The third kappa shape index (κ3) is 3.11. The van der Waals surface area contributed by atoms with Crippen molar-refractivity contribution in [3.05, 3.63) is 41.8 Å². The van der Waals surface area contributed by atoms with Crippen LogP contribution in [0.2, 0.25) is 0 Å². The van der Waals surface area contributed by atoms with Crippen LogP contribution in [-0.4, -0.2) is 22.6 Å². The molecule has 0 bridgehead atoms. The highest BCUT2D eigenvalue weighted by Crippen LogP contribution is 2.23. The van der Waals surface area contributed by atoms with Gasteiger partial charge in [-0.15, -0.1) is 5.10 Å². The van der Waals surface area contributed by atoms with Crippen molar-refractivity contribution in [1.82, 2.24) is 15.5 Å². The first-order chi connectivity index (χ1) is 10.2. The highest BCUT2D eigenvalue weighted by atomic mass is 16.4. The smallest absolute Gasteiger partial charge is 0.322 e. The van der Waals surface area contributed by atoms with E-state index in [9.17, 15) is 4.79 Å². The van der Waals surface area contributed by atoms with Gasteiger partial charge in [0.25, 0.3) is 0 Å². The monoisotopic (exact) mass is 286 g/mol. The molecule has 6 heteroatoms. The molecule has 2 atom stereocenters. The number of hydrogen-bond donors (Lipinski definition) is 2. The SMILES string of the molecule is CC(C(=O)Nc1nnc(C2CCCN2)o1)c1ccccc1. The van der Waals surface area contributed by atoms with Crippen LogP contribution in [0.15, 0.2) is 34.7 Å². The highest BCUT2D eigenvalue weighted by molar-refractivity contribution is 5.93. The molecule has 0 spiro atoms. The second-order valence-electron chi connectivity index (χ2n) is 5.22. The second-order valence-corrected chi connectivity index (χ2v) is 5.22. The molecule has 0 saturated carbocycles. The van der Waals surface area contributed by atoms with E-state index in [1.54, 1.807) is 0 Å². The van der Waals surface area contributed by atoms with Gasteiger partial charge in [-0.05, 0) is 31.9 Å². The summed E-state index contributed by atoms with van der Waals surface area (Å²) >= 11 is 0. The van der Waals surface area contributed by atoms with Crippen molar-refractivity contribution in [2.24, 2.45) is 0 Å². The van der Waals surface area contributed by atoms with E-state index in [0.29, 0.717) is 5.89 Å². The summed E-state index contributed by atoms with van der Waals surface area (Å²) in [6, 6.07) is 9.86. The average Bonchev–Trinajstić information content (AvgIpc) is 3.18. The Bertz CT molecular complexity index is 605. The molecule has 2 heterocycles. The maximum absolute atomic E-state index is 12.2. The Balaban J connectivity index is 1.64. The quantitative estimate of drug-likeness (QED) is 0.901. The van der Waals surface area contributed by atoms with E-state index in [2.05, 4.69) is 20.8 Å². The minimum atomic E-state index is -0.272. The number of anilines is 1. The molecule has 1 saturated heterocycles. The first-order valence-corrected chi connectivity index (χ1v) is 7.16. The summed E-state index contributed by atoms with van der Waals surface area (Å²) in [7, 11) is 0. The Kier molecular flexibility index (Phi) is 3.96. The van der Waals surface area contributed by atoms with Crippen LogP contribution in [0.3, 0.4) is 0 Å². The number of nitrogens with zero attached hydrogens (tertiary/aromatic N) is 2. The molecule has 1 aliphatic rings. The fraction of sp³-hybridized carbons (Fsp3) is 0.400. The van der Waals surface area contributed by atoms with E-state index in [1.807, 2.05) is 37.3 Å². The first-order valence-electron chi connectivity index (χ1n) is 7.16. The van der Waals surface area contributed by atoms with Gasteiger partial charge < -0.3 is 9.73 Å². The molecular formula is C15H18N4O2. The van der Waals surface area contributed by atoms with E-state index < -0.39 is 0 Å². The lowest BCUT2D eigenvalue weighted by atomic mass is 10.0. The van der Waals surface area contributed by atoms with E-state index in [4.69, 9.17) is 4.42 Å². The molecule has 110 valence electrons. The molecule has 1 aliphatic heterocycles. The van der Waals surface area contributed by atoms with Gasteiger partial charge >= 0.3 is 6.01 Å². The van der Waals surface area contributed by atoms with Crippen LogP contribution in [0, 0.1) is 0 Å². The number of hydrogen-bond acceptors (Lipinski definition) is 5. The topological polar surface area (TPSA) is 80.0 Å². The van der Waals surface area contributed by atoms with Gasteiger partial charge in [0.2, 0.25) is 11.8 Å². The van der Waals surface area contributed by atoms with Crippen molar-refractivity contribution in [1.29, 1.82) is 0 Å². The summed E-state index contributed by atoms with van der Waals surface area (Å²) in [5.74, 6) is 0.108. The predicted molar refractivity (Wildman–Crippen MR) is 77.8 cm³/mol. The van der Waals surface area contributed by atoms with Crippen molar-refractivity contribution in [2.75, 3.05) is 11.9 Å². The van der Waals surface area contributed by atoms with Crippen molar-refractivity contribution >= 4 is 11.9 Å². The Morgan fingerprint density at radius 1 is 1.38 bits per heavy atom. The standard InChI is InChI=1S/C15H18N4O2/c1-10(11-6-3-2-4-7-11)13(20)17-15-19-18-14(21-15)12-8-5-9-16-12/h2-4,6-7,10,12,16H,5,8-9H2,1H3,(H,17,19,20). The summed E-state index contributed by atoms with van der Waals surface area (Å²) in [5.41, 5.74) is 0.951. The number of benzene rings is 1. The van der Waals surface area contributed by atoms with Crippen LogP contribution >= 0.6 is 0 Å². The summed E-state index contributed by atoms with van der Waals surface area (Å²) in [4.78, 5) is 12.2. The molecule has 1 aromatic carbocycles. The maximum Gasteiger partial charge on any atom is 0.322 e. The zero-order chi connectivity index (χ0) is 14.7. The van der Waals surface area contributed by atoms with Gasteiger partial charge in [0.1, 0.15) is 0 Å². The fourth-order valence-electron chi connectivity index (χ4n) is 2.43. The lowest BCUT2D eigenvalue weighted by Gasteiger charge is -2.10. The summed E-state index contributed by atoms with van der Waals surface area (Å²) in [5, 5.41) is 13.8. The van der Waals surface area contributed by atoms with Crippen LogP contribution < -0.4 is 10.6 Å². The van der Waals surface area contributed by atoms with E-state index in [1.165, 1.54) is 0 Å². The first kappa shape index (κ1) is 13.8. The van der Waals surface area contributed by atoms with Crippen LogP contribution in [0.5, 0.6) is 0 Å². The average molecular weight is 286 g/mol. The molecule has 21 heavy (non-hydrogen) atoms. The Labute approximate surface area is 123 Å². The number of rotatable bonds is 4. The van der Waals surface area contributed by atoms with Crippen molar-refractivity contribution in [3.63, 3.8) is 0 Å². The van der Waals surface area contributed by atoms with Crippen LogP contribution in [0.1, 0.15) is 43.2 Å². The van der Waals surface area contributed by atoms with Gasteiger partial charge in [0.05, 0.1) is 12.0 Å². The summed E-state index contributed by atoms with van der Waals surface area (Å²) in [6.45, 7) is 2.81. The normalized spacial score (nSPS) is 19.4. The van der Waals surface area contributed by atoms with E-state index >= 15 is 0 Å². The number of carbonyl (C=O) groups excluding carboxylic acids is 1. The third-order valence-electron chi connectivity index (χ3n) is 3.72. The molecule has 6 nitrogen and oxygen atoms in total. The molecule has 0 radical (unpaired) electrons. The molecular weight excluding hydrogens is 268 g/mol. The van der Waals surface area contributed by atoms with Crippen LogP contribution in [0.25, 0.3) is 0 Å². The molecule has 0 aliphatic carbocycles. The number of amides is 1. The van der Waals surface area contributed by atoms with Gasteiger partial charge in [-0.2, -0.15) is 0 Å². The predicted octanol–water partition coefficient (Wildman–Crippen LogP) is 2.24. The molecule has 2 aromatic rings. The second kappa shape index (κ2) is 6.05. The Hall–Kier alpha value is -2.21. The third-order valence-corrected chi connectivity index (χ3v) is 3.72. The Morgan fingerprint density at radius 3 is 2.90 bits per heavy atom. The van der Waals surface area contributed by atoms with Gasteiger partial charge in [0.15, 0.2) is 0 Å². The summed E-state index contributed by atoms with van der Waals surface area (Å²) in [6.07, 6.45) is 2.08. The molecule has 1 amide bonds. The van der Waals surface area contributed by atoms with Crippen molar-refractivity contribution in [2.45, 2.75) is 31.7 Å². The molecule has 2 unspecified atom stereocenters. The van der Waals surface area contributed by atoms with E-state index in [0.717, 1.165) is 24.9 Å². The highest BCUT2D eigenvalue weighted by Gasteiger charge is 2.23. The van der Waals surface area contributed by atoms with Gasteiger partial charge in [-0.3, -0.25) is 10.1 Å². The van der Waals surface area contributed by atoms with Gasteiger partial charge in [-0.25, -0.2) is 0 Å². The molecule has 2 N–H and O–H groups in total. The van der Waals surface area contributed by atoms with Crippen LogP contribution in [-0.2, 0) is 4.79 Å². The molecule has 1 fully saturated rings. The largest absolute Gasteiger partial charge is 0.406 e. The maximum atomic E-state index is 12.2. The van der Waals surface area contributed by atoms with Crippen LogP contribution in [0.4, 0.5) is 6.01 Å². The van der Waals surface area contributed by atoms with Gasteiger partial charge in [0, 0.05) is 0 Å². The Morgan fingerprint density at radius 2 is 2.19 bits per heavy atom. The number of aromatic nitrogens is 2. The lowest BCUT2D eigenvalue weighted by Crippen LogP contribution is -2.19. The van der Waals surface area contributed by atoms with Gasteiger partial charge in [-0.1, -0.05) is 35.4 Å². The zero-order valence-electron chi connectivity index (χ0n) is 11.9. The zero-order valence-corrected chi connectivity index (χ0v) is 11.9. The minimum Gasteiger partial charge on any atom is -0.406 e. The fourth-order valence-corrected chi connectivity index (χ4v) is 2.43. The lowest BCUT2D eigenvalue weighted by molar-refractivity contribution is -0.117.